The Bertz CT molecular complexity index is 888. The van der Waals surface area contributed by atoms with E-state index < -0.39 is 12.1 Å². The third kappa shape index (κ3) is 3.53. The number of amides is 2. The summed E-state index contributed by atoms with van der Waals surface area (Å²) >= 11 is 0. The van der Waals surface area contributed by atoms with E-state index >= 15 is 0 Å². The molecule has 0 saturated heterocycles. The lowest BCUT2D eigenvalue weighted by atomic mass is 10.0. The van der Waals surface area contributed by atoms with Crippen LogP contribution in [-0.2, 0) is 13.5 Å². The third-order valence-corrected chi connectivity index (χ3v) is 3.92. The highest BCUT2D eigenvalue weighted by molar-refractivity contribution is 5.94. The van der Waals surface area contributed by atoms with Gasteiger partial charge in [0.15, 0.2) is 5.82 Å². The van der Waals surface area contributed by atoms with Gasteiger partial charge in [-0.15, -0.1) is 10.2 Å². The molecule has 0 aliphatic carbocycles. The molecule has 1 aromatic carbocycles. The lowest BCUT2D eigenvalue weighted by Gasteiger charge is -2.13. The predicted molar refractivity (Wildman–Crippen MR) is 92.7 cm³/mol. The summed E-state index contributed by atoms with van der Waals surface area (Å²) in [5, 5.41) is 23.5. The molecule has 0 spiro atoms. The highest BCUT2D eigenvalue weighted by atomic mass is 19.1. The largest absolute Gasteiger partial charge is 0.328 e. The molecule has 0 aliphatic rings. The van der Waals surface area contributed by atoms with Crippen LogP contribution >= 0.6 is 0 Å². The lowest BCUT2D eigenvalue weighted by molar-refractivity contribution is 0.248. The van der Waals surface area contributed by atoms with Crippen LogP contribution in [0.2, 0.25) is 0 Å². The van der Waals surface area contributed by atoms with Crippen molar-refractivity contribution >= 4 is 11.8 Å². The van der Waals surface area contributed by atoms with Crippen molar-refractivity contribution in [1.82, 2.24) is 35.7 Å². The monoisotopic (exact) mass is 358 g/mol. The SMILES string of the molecule is CCc1nn(C)c(NC(=O)N[C@@H](C)c2nn[nH]n2)c1-c1ccc(F)cc1. The van der Waals surface area contributed by atoms with Gasteiger partial charge in [-0.1, -0.05) is 24.3 Å². The molecule has 0 saturated carbocycles. The molecule has 2 amide bonds. The van der Waals surface area contributed by atoms with Crippen LogP contribution in [0.4, 0.5) is 15.0 Å². The number of nitrogens with one attached hydrogen (secondary N) is 3. The number of urea groups is 1. The molecule has 3 rings (SSSR count). The Kier molecular flexibility index (Phi) is 4.92. The van der Waals surface area contributed by atoms with E-state index in [9.17, 15) is 9.18 Å². The van der Waals surface area contributed by atoms with Gasteiger partial charge < -0.3 is 5.32 Å². The number of aromatic amines is 1. The van der Waals surface area contributed by atoms with Crippen molar-refractivity contribution in [3.63, 3.8) is 0 Å². The number of nitrogens with zero attached hydrogens (tertiary/aromatic N) is 5. The summed E-state index contributed by atoms with van der Waals surface area (Å²) in [7, 11) is 1.74. The van der Waals surface area contributed by atoms with E-state index in [0.717, 1.165) is 16.8 Å². The quantitative estimate of drug-likeness (QED) is 0.647. The molecule has 136 valence electrons. The zero-order valence-electron chi connectivity index (χ0n) is 14.6. The Hall–Kier alpha value is -3.30. The van der Waals surface area contributed by atoms with Crippen molar-refractivity contribution in [3.05, 3.63) is 41.6 Å². The molecule has 0 radical (unpaired) electrons. The second-order valence-electron chi connectivity index (χ2n) is 5.74. The average molecular weight is 358 g/mol. The number of H-pyrrole nitrogens is 1. The molecule has 0 aliphatic heterocycles. The fraction of sp³-hybridized carbons (Fsp3) is 0.312. The highest BCUT2D eigenvalue weighted by Crippen LogP contribution is 2.32. The molecule has 0 unspecified atom stereocenters. The Morgan fingerprint density at radius 1 is 1.35 bits per heavy atom. The zero-order valence-corrected chi connectivity index (χ0v) is 14.6. The van der Waals surface area contributed by atoms with Gasteiger partial charge in [-0.25, -0.2) is 9.18 Å². The fourth-order valence-electron chi connectivity index (χ4n) is 2.65. The molecule has 2 heterocycles. The van der Waals surface area contributed by atoms with E-state index in [-0.39, 0.29) is 5.82 Å². The lowest BCUT2D eigenvalue weighted by Crippen LogP contribution is -2.32. The molecule has 26 heavy (non-hydrogen) atoms. The summed E-state index contributed by atoms with van der Waals surface area (Å²) in [5.74, 6) is 0.571. The average Bonchev–Trinajstić information content (AvgIpc) is 3.25. The van der Waals surface area contributed by atoms with Gasteiger partial charge in [0.2, 0.25) is 0 Å². The maximum atomic E-state index is 13.3. The summed E-state index contributed by atoms with van der Waals surface area (Å²) in [6, 6.07) is 5.22. The van der Waals surface area contributed by atoms with Gasteiger partial charge >= 0.3 is 6.03 Å². The standard InChI is InChI=1S/C16H19FN8O/c1-4-12-13(10-5-7-11(17)8-6-10)15(25(3)22-12)19-16(26)18-9(2)14-20-23-24-21-14/h5-9H,4H2,1-3H3,(H2,18,19,26)(H,20,21,23,24)/t9-/m0/s1. The summed E-state index contributed by atoms with van der Waals surface area (Å²) in [6.07, 6.45) is 0.670. The van der Waals surface area contributed by atoms with E-state index in [4.69, 9.17) is 0 Å². The number of benzene rings is 1. The Morgan fingerprint density at radius 2 is 2.08 bits per heavy atom. The van der Waals surface area contributed by atoms with Crippen LogP contribution < -0.4 is 10.6 Å². The minimum absolute atomic E-state index is 0.322. The number of carbonyl (C=O) groups excluding carboxylic acids is 1. The van der Waals surface area contributed by atoms with Crippen LogP contribution in [0.15, 0.2) is 24.3 Å². The highest BCUT2D eigenvalue weighted by Gasteiger charge is 2.20. The number of carbonyl (C=O) groups is 1. The first-order chi connectivity index (χ1) is 12.5. The first-order valence-corrected chi connectivity index (χ1v) is 8.12. The van der Waals surface area contributed by atoms with Crippen molar-refractivity contribution in [1.29, 1.82) is 0 Å². The number of tetrazole rings is 1. The number of halogens is 1. The number of anilines is 1. The van der Waals surface area contributed by atoms with Gasteiger partial charge in [0, 0.05) is 12.6 Å². The van der Waals surface area contributed by atoms with Crippen molar-refractivity contribution in [2.45, 2.75) is 26.3 Å². The minimum atomic E-state index is -0.434. The third-order valence-electron chi connectivity index (χ3n) is 3.92. The number of hydrogen-bond donors (Lipinski definition) is 3. The van der Waals surface area contributed by atoms with Gasteiger partial charge in [0.1, 0.15) is 11.6 Å². The molecule has 1 atom stereocenters. The molecule has 10 heteroatoms. The van der Waals surface area contributed by atoms with Crippen LogP contribution in [0.1, 0.15) is 31.4 Å². The molecular formula is C16H19FN8O. The van der Waals surface area contributed by atoms with Crippen LogP contribution in [0, 0.1) is 5.82 Å². The molecule has 0 fully saturated rings. The topological polar surface area (TPSA) is 113 Å². The predicted octanol–water partition coefficient (Wildman–Crippen LogP) is 2.18. The van der Waals surface area contributed by atoms with Crippen molar-refractivity contribution in [3.8, 4) is 11.1 Å². The van der Waals surface area contributed by atoms with E-state index in [1.807, 2.05) is 6.92 Å². The first kappa shape index (κ1) is 17.5. The van der Waals surface area contributed by atoms with Crippen molar-refractivity contribution < 1.29 is 9.18 Å². The van der Waals surface area contributed by atoms with Gasteiger partial charge in [-0.3, -0.25) is 10.00 Å². The molecule has 9 nitrogen and oxygen atoms in total. The smallest absolute Gasteiger partial charge is 0.320 e. The van der Waals surface area contributed by atoms with Crippen molar-refractivity contribution in [2.24, 2.45) is 7.05 Å². The van der Waals surface area contributed by atoms with Crippen LogP contribution in [0.5, 0.6) is 0 Å². The molecule has 0 bridgehead atoms. The second kappa shape index (κ2) is 7.30. The van der Waals surface area contributed by atoms with Gasteiger partial charge in [0.05, 0.1) is 11.7 Å². The number of aryl methyl sites for hydroxylation is 2. The second-order valence-corrected chi connectivity index (χ2v) is 5.74. The molecular weight excluding hydrogens is 339 g/mol. The van der Waals surface area contributed by atoms with Crippen LogP contribution in [0.25, 0.3) is 11.1 Å². The van der Waals surface area contributed by atoms with E-state index in [1.165, 1.54) is 12.1 Å². The van der Waals surface area contributed by atoms with E-state index in [2.05, 4.69) is 36.4 Å². The molecule has 2 aromatic heterocycles. The number of aromatic nitrogens is 6. The van der Waals surface area contributed by atoms with Crippen LogP contribution in [-0.4, -0.2) is 36.4 Å². The van der Waals surface area contributed by atoms with Gasteiger partial charge in [0.25, 0.3) is 0 Å². The summed E-state index contributed by atoms with van der Waals surface area (Å²) in [5.41, 5.74) is 2.34. The summed E-state index contributed by atoms with van der Waals surface area (Å²) < 4.78 is 14.9. The normalized spacial score (nSPS) is 12.0. The fourth-order valence-corrected chi connectivity index (χ4v) is 2.65. The number of rotatable bonds is 5. The van der Waals surface area contributed by atoms with Gasteiger partial charge in [-0.2, -0.15) is 10.3 Å². The van der Waals surface area contributed by atoms with E-state index in [0.29, 0.717) is 18.1 Å². The maximum absolute atomic E-state index is 13.3. The Labute approximate surface area is 149 Å². The first-order valence-electron chi connectivity index (χ1n) is 8.12. The Balaban J connectivity index is 1.86. The molecule has 3 aromatic rings. The zero-order chi connectivity index (χ0) is 18.7. The van der Waals surface area contributed by atoms with Crippen LogP contribution in [0.3, 0.4) is 0 Å². The molecule has 3 N–H and O–H groups in total. The van der Waals surface area contributed by atoms with Crippen molar-refractivity contribution in [2.75, 3.05) is 5.32 Å². The summed E-state index contributed by atoms with van der Waals surface area (Å²) in [4.78, 5) is 12.4. The maximum Gasteiger partial charge on any atom is 0.320 e. The minimum Gasteiger partial charge on any atom is -0.328 e. The van der Waals surface area contributed by atoms with E-state index in [1.54, 1.807) is 30.8 Å². The Morgan fingerprint density at radius 3 is 2.69 bits per heavy atom. The summed E-state index contributed by atoms with van der Waals surface area (Å²) in [6.45, 7) is 3.71. The van der Waals surface area contributed by atoms with Gasteiger partial charge in [-0.05, 0) is 31.0 Å². The number of hydrogen-bond acceptors (Lipinski definition) is 5.